The fourth-order valence-electron chi connectivity index (χ4n) is 1.68. The number of aliphatic hydroxyl groups excluding tert-OH is 1. The third kappa shape index (κ3) is 3.16. The molecule has 106 valence electrons. The van der Waals surface area contributed by atoms with E-state index >= 15 is 0 Å². The first-order valence-electron chi connectivity index (χ1n) is 5.95. The van der Waals surface area contributed by atoms with Crippen LogP contribution in [0.15, 0.2) is 41.0 Å². The third-order valence-corrected chi connectivity index (χ3v) is 2.74. The summed E-state index contributed by atoms with van der Waals surface area (Å²) in [5.41, 5.74) is 0.148. The number of aliphatic hydroxyl groups is 1. The molecule has 2 N–H and O–H groups in total. The Morgan fingerprint density at radius 3 is 2.90 bits per heavy atom. The van der Waals surface area contributed by atoms with Crippen molar-refractivity contribution in [2.75, 3.05) is 13.7 Å². The normalized spacial score (nSPS) is 11.9. The van der Waals surface area contributed by atoms with Crippen molar-refractivity contribution in [3.63, 3.8) is 0 Å². The summed E-state index contributed by atoms with van der Waals surface area (Å²) >= 11 is 0. The number of halogens is 1. The molecule has 0 saturated carbocycles. The number of hydrogen-bond acceptors (Lipinski definition) is 4. The van der Waals surface area contributed by atoms with E-state index in [-0.39, 0.29) is 17.9 Å². The van der Waals surface area contributed by atoms with Crippen LogP contribution < -0.4 is 10.1 Å². The summed E-state index contributed by atoms with van der Waals surface area (Å²) in [6, 6.07) is 7.13. The molecule has 5 nitrogen and oxygen atoms in total. The SMILES string of the molecule is COc1ccc(C(=O)NCC(O)c2ccco2)cc1F. The summed E-state index contributed by atoms with van der Waals surface area (Å²) in [6.07, 6.45) is 0.483. The molecule has 0 saturated heterocycles. The number of methoxy groups -OCH3 is 1. The highest BCUT2D eigenvalue weighted by Crippen LogP contribution is 2.18. The maximum atomic E-state index is 13.5. The van der Waals surface area contributed by atoms with Gasteiger partial charge in [0.15, 0.2) is 11.6 Å². The molecular formula is C14H14FNO4. The van der Waals surface area contributed by atoms with Crippen LogP contribution in [0.2, 0.25) is 0 Å². The molecule has 0 spiro atoms. The van der Waals surface area contributed by atoms with Gasteiger partial charge in [0, 0.05) is 5.56 Å². The molecule has 2 rings (SSSR count). The second-order valence-corrected chi connectivity index (χ2v) is 4.09. The predicted octanol–water partition coefficient (Wildman–Crippen LogP) is 1.89. The Hall–Kier alpha value is -2.34. The Labute approximate surface area is 115 Å². The Morgan fingerprint density at radius 2 is 2.30 bits per heavy atom. The molecule has 0 bridgehead atoms. The molecule has 0 fully saturated rings. The van der Waals surface area contributed by atoms with Crippen molar-refractivity contribution >= 4 is 5.91 Å². The largest absolute Gasteiger partial charge is 0.494 e. The smallest absolute Gasteiger partial charge is 0.251 e. The van der Waals surface area contributed by atoms with Crippen LogP contribution in [0.3, 0.4) is 0 Å². The zero-order valence-corrected chi connectivity index (χ0v) is 10.8. The van der Waals surface area contributed by atoms with Crippen LogP contribution in [0.25, 0.3) is 0 Å². The fraction of sp³-hybridized carbons (Fsp3) is 0.214. The summed E-state index contributed by atoms with van der Waals surface area (Å²) in [5.74, 6) is -0.688. The molecule has 0 aliphatic heterocycles. The predicted molar refractivity (Wildman–Crippen MR) is 69.0 cm³/mol. The number of furan rings is 1. The van der Waals surface area contributed by atoms with E-state index in [1.807, 2.05) is 0 Å². The first kappa shape index (κ1) is 14.1. The lowest BCUT2D eigenvalue weighted by molar-refractivity contribution is 0.0900. The third-order valence-electron chi connectivity index (χ3n) is 2.74. The first-order valence-corrected chi connectivity index (χ1v) is 5.95. The molecule has 20 heavy (non-hydrogen) atoms. The molecular weight excluding hydrogens is 265 g/mol. The minimum atomic E-state index is -0.947. The van der Waals surface area contributed by atoms with Crippen molar-refractivity contribution in [1.82, 2.24) is 5.32 Å². The molecule has 6 heteroatoms. The molecule has 1 heterocycles. The van der Waals surface area contributed by atoms with E-state index in [1.165, 1.54) is 25.5 Å². The van der Waals surface area contributed by atoms with Crippen LogP contribution in [0.5, 0.6) is 5.75 Å². The van der Waals surface area contributed by atoms with E-state index < -0.39 is 17.8 Å². The van der Waals surface area contributed by atoms with Gasteiger partial charge in [0.05, 0.1) is 19.9 Å². The van der Waals surface area contributed by atoms with E-state index in [4.69, 9.17) is 9.15 Å². The lowest BCUT2D eigenvalue weighted by Crippen LogP contribution is -2.28. The van der Waals surface area contributed by atoms with Gasteiger partial charge in [-0.25, -0.2) is 4.39 Å². The fourth-order valence-corrected chi connectivity index (χ4v) is 1.68. The maximum Gasteiger partial charge on any atom is 0.251 e. The second-order valence-electron chi connectivity index (χ2n) is 4.09. The van der Waals surface area contributed by atoms with Gasteiger partial charge in [0.1, 0.15) is 11.9 Å². The quantitative estimate of drug-likeness (QED) is 0.876. The van der Waals surface area contributed by atoms with Crippen LogP contribution >= 0.6 is 0 Å². The van der Waals surface area contributed by atoms with Crippen LogP contribution in [0.4, 0.5) is 4.39 Å². The number of rotatable bonds is 5. The average molecular weight is 279 g/mol. The standard InChI is InChI=1S/C14H14FNO4/c1-19-12-5-4-9(7-10(12)15)14(18)16-8-11(17)13-3-2-6-20-13/h2-7,11,17H,8H2,1H3,(H,16,18). The number of nitrogens with one attached hydrogen (secondary N) is 1. The summed E-state index contributed by atoms with van der Waals surface area (Å²) < 4.78 is 23.2. The van der Waals surface area contributed by atoms with Crippen molar-refractivity contribution in [3.8, 4) is 5.75 Å². The zero-order valence-electron chi connectivity index (χ0n) is 10.8. The number of ether oxygens (including phenoxy) is 1. The highest BCUT2D eigenvalue weighted by Gasteiger charge is 2.14. The Kier molecular flexibility index (Phi) is 4.37. The Balaban J connectivity index is 1.96. The second kappa shape index (κ2) is 6.21. The zero-order chi connectivity index (χ0) is 14.5. The minimum absolute atomic E-state index is 0.0278. The van der Waals surface area contributed by atoms with Crippen molar-refractivity contribution in [3.05, 3.63) is 53.7 Å². The molecule has 1 aromatic heterocycles. The maximum absolute atomic E-state index is 13.5. The lowest BCUT2D eigenvalue weighted by Gasteiger charge is -2.10. The van der Waals surface area contributed by atoms with E-state index in [0.29, 0.717) is 5.76 Å². The van der Waals surface area contributed by atoms with Gasteiger partial charge in [0.25, 0.3) is 5.91 Å². The number of carbonyl (C=O) groups is 1. The summed E-state index contributed by atoms with van der Waals surface area (Å²) in [5, 5.41) is 12.2. The van der Waals surface area contributed by atoms with Gasteiger partial charge in [-0.1, -0.05) is 0 Å². The number of hydrogen-bond donors (Lipinski definition) is 2. The monoisotopic (exact) mass is 279 g/mol. The summed E-state index contributed by atoms with van der Waals surface area (Å²) in [6.45, 7) is -0.0278. The van der Waals surface area contributed by atoms with Crippen molar-refractivity contribution in [2.45, 2.75) is 6.10 Å². The molecule has 0 aliphatic carbocycles. The van der Waals surface area contributed by atoms with Crippen LogP contribution in [0.1, 0.15) is 22.2 Å². The van der Waals surface area contributed by atoms with Crippen molar-refractivity contribution in [1.29, 1.82) is 0 Å². The van der Waals surface area contributed by atoms with Gasteiger partial charge >= 0.3 is 0 Å². The number of amides is 1. The van der Waals surface area contributed by atoms with Gasteiger partial charge in [0.2, 0.25) is 0 Å². The highest BCUT2D eigenvalue weighted by molar-refractivity contribution is 5.94. The van der Waals surface area contributed by atoms with Gasteiger partial charge in [-0.15, -0.1) is 0 Å². The molecule has 1 amide bonds. The molecule has 0 radical (unpaired) electrons. The molecule has 0 aliphatic rings. The van der Waals surface area contributed by atoms with Gasteiger partial charge in [-0.05, 0) is 30.3 Å². The minimum Gasteiger partial charge on any atom is -0.494 e. The summed E-state index contributed by atoms with van der Waals surface area (Å²) in [7, 11) is 1.35. The lowest BCUT2D eigenvalue weighted by atomic mass is 10.2. The Bertz CT molecular complexity index is 583. The van der Waals surface area contributed by atoms with Crippen molar-refractivity contribution in [2.24, 2.45) is 0 Å². The molecule has 1 aromatic carbocycles. The van der Waals surface area contributed by atoms with E-state index in [2.05, 4.69) is 5.32 Å². The van der Waals surface area contributed by atoms with Gasteiger partial charge < -0.3 is 19.6 Å². The number of benzene rings is 1. The topological polar surface area (TPSA) is 71.7 Å². The van der Waals surface area contributed by atoms with Gasteiger partial charge in [-0.2, -0.15) is 0 Å². The van der Waals surface area contributed by atoms with E-state index in [9.17, 15) is 14.3 Å². The average Bonchev–Trinajstić information content (AvgIpc) is 2.98. The van der Waals surface area contributed by atoms with Crippen molar-refractivity contribution < 1.29 is 23.4 Å². The van der Waals surface area contributed by atoms with Crippen LogP contribution in [-0.2, 0) is 0 Å². The first-order chi connectivity index (χ1) is 9.61. The summed E-state index contributed by atoms with van der Waals surface area (Å²) in [4.78, 5) is 11.8. The highest BCUT2D eigenvalue weighted by atomic mass is 19.1. The molecule has 2 aromatic rings. The Morgan fingerprint density at radius 1 is 1.50 bits per heavy atom. The van der Waals surface area contributed by atoms with E-state index in [1.54, 1.807) is 12.1 Å². The van der Waals surface area contributed by atoms with Crippen LogP contribution in [0, 0.1) is 5.82 Å². The van der Waals surface area contributed by atoms with E-state index in [0.717, 1.165) is 6.07 Å². The van der Waals surface area contributed by atoms with Crippen LogP contribution in [-0.4, -0.2) is 24.7 Å². The van der Waals surface area contributed by atoms with Gasteiger partial charge in [-0.3, -0.25) is 4.79 Å². The molecule has 1 atom stereocenters. The molecule has 1 unspecified atom stereocenters. The number of carbonyl (C=O) groups excluding carboxylic acids is 1.